The topological polar surface area (TPSA) is 106 Å². The first-order valence-electron chi connectivity index (χ1n) is 9.97. The van der Waals surface area contributed by atoms with Crippen LogP contribution in [0.3, 0.4) is 0 Å². The van der Waals surface area contributed by atoms with Crippen molar-refractivity contribution in [3.8, 4) is 5.75 Å². The summed E-state index contributed by atoms with van der Waals surface area (Å²) in [5, 5.41) is 6.62. The van der Waals surface area contributed by atoms with Crippen molar-refractivity contribution in [1.82, 2.24) is 29.5 Å². The minimum atomic E-state index is 0.562. The van der Waals surface area contributed by atoms with Crippen molar-refractivity contribution in [1.29, 1.82) is 0 Å². The summed E-state index contributed by atoms with van der Waals surface area (Å²) < 4.78 is 7.19. The third-order valence-electron chi connectivity index (χ3n) is 5.17. The van der Waals surface area contributed by atoms with Gasteiger partial charge in [0.25, 0.3) is 0 Å². The number of hydrogen-bond donors (Lipinski definition) is 3. The summed E-state index contributed by atoms with van der Waals surface area (Å²) in [4.78, 5) is 21.1. The van der Waals surface area contributed by atoms with E-state index in [9.17, 15) is 0 Å². The van der Waals surface area contributed by atoms with Crippen LogP contribution in [0, 0.1) is 0 Å². The minimum Gasteiger partial charge on any atom is -0.497 e. The number of hydrogen-bond acceptors (Lipinski definition) is 7. The number of aryl methyl sites for hydroxylation is 1. The maximum atomic E-state index is 5.20. The number of imidazole rings is 2. The Labute approximate surface area is 178 Å². The zero-order chi connectivity index (χ0) is 21.2. The highest BCUT2D eigenvalue weighted by Gasteiger charge is 2.13. The van der Waals surface area contributed by atoms with Crippen LogP contribution in [-0.2, 0) is 13.5 Å². The SMILES string of the molecule is COc1ccc(CCNc2ncnc3nc(Nc4nc5ccccc5n4C)[nH]c23)cc1. The molecular formula is C22H22N8O. The van der Waals surface area contributed by atoms with Crippen LogP contribution in [0.4, 0.5) is 17.7 Å². The Bertz CT molecular complexity index is 1340. The Kier molecular flexibility index (Phi) is 4.83. The van der Waals surface area contributed by atoms with Gasteiger partial charge < -0.3 is 19.6 Å². The van der Waals surface area contributed by atoms with Gasteiger partial charge in [-0.2, -0.15) is 4.98 Å². The van der Waals surface area contributed by atoms with Crippen molar-refractivity contribution >= 4 is 39.9 Å². The fourth-order valence-corrected chi connectivity index (χ4v) is 3.50. The number of benzene rings is 2. The number of para-hydroxylation sites is 2. The number of nitrogens with one attached hydrogen (secondary N) is 3. The first kappa shape index (κ1) is 18.9. The predicted molar refractivity (Wildman–Crippen MR) is 121 cm³/mol. The molecule has 0 bridgehead atoms. The van der Waals surface area contributed by atoms with E-state index in [1.54, 1.807) is 7.11 Å². The molecule has 0 atom stereocenters. The summed E-state index contributed by atoms with van der Waals surface area (Å²) in [5.41, 5.74) is 4.51. The molecule has 2 aromatic carbocycles. The predicted octanol–water partition coefficient (Wildman–Crippen LogP) is 3.65. The van der Waals surface area contributed by atoms with Crippen molar-refractivity contribution in [2.24, 2.45) is 7.05 Å². The molecule has 0 radical (unpaired) electrons. The number of methoxy groups -OCH3 is 1. The number of fused-ring (bicyclic) bond motifs is 2. The number of rotatable bonds is 7. The maximum Gasteiger partial charge on any atom is 0.210 e. The third kappa shape index (κ3) is 3.73. The Morgan fingerprint density at radius 2 is 1.87 bits per heavy atom. The van der Waals surface area contributed by atoms with Gasteiger partial charge in [0.1, 0.15) is 17.6 Å². The number of aromatic nitrogens is 6. The number of aromatic amines is 1. The molecule has 3 heterocycles. The van der Waals surface area contributed by atoms with Crippen LogP contribution < -0.4 is 15.4 Å². The van der Waals surface area contributed by atoms with Gasteiger partial charge >= 0.3 is 0 Å². The summed E-state index contributed by atoms with van der Waals surface area (Å²) in [5.74, 6) is 2.82. The smallest absolute Gasteiger partial charge is 0.210 e. The zero-order valence-corrected chi connectivity index (χ0v) is 17.3. The van der Waals surface area contributed by atoms with Crippen LogP contribution in [0.5, 0.6) is 5.75 Å². The van der Waals surface area contributed by atoms with Crippen molar-refractivity contribution in [2.75, 3.05) is 24.3 Å². The lowest BCUT2D eigenvalue weighted by Gasteiger charge is -2.07. The Hall–Kier alpha value is -4.14. The molecule has 5 rings (SSSR count). The van der Waals surface area contributed by atoms with Crippen molar-refractivity contribution in [2.45, 2.75) is 6.42 Å². The highest BCUT2D eigenvalue weighted by Crippen LogP contribution is 2.23. The van der Waals surface area contributed by atoms with Crippen molar-refractivity contribution in [3.63, 3.8) is 0 Å². The quantitative estimate of drug-likeness (QED) is 0.373. The van der Waals surface area contributed by atoms with Crippen LogP contribution in [-0.4, -0.2) is 43.1 Å². The van der Waals surface area contributed by atoms with E-state index in [4.69, 9.17) is 4.74 Å². The normalized spacial score (nSPS) is 11.2. The molecule has 31 heavy (non-hydrogen) atoms. The van der Waals surface area contributed by atoms with Gasteiger partial charge in [-0.05, 0) is 36.2 Å². The van der Waals surface area contributed by atoms with E-state index in [-0.39, 0.29) is 0 Å². The average Bonchev–Trinajstić information content (AvgIpc) is 3.36. The van der Waals surface area contributed by atoms with Gasteiger partial charge in [0.15, 0.2) is 11.5 Å². The van der Waals surface area contributed by atoms with E-state index in [2.05, 4.69) is 47.7 Å². The van der Waals surface area contributed by atoms with Crippen LogP contribution in [0.25, 0.3) is 22.2 Å². The Morgan fingerprint density at radius 3 is 2.68 bits per heavy atom. The molecular weight excluding hydrogens is 392 g/mol. The van der Waals surface area contributed by atoms with E-state index >= 15 is 0 Å². The molecule has 0 fully saturated rings. The second-order valence-electron chi connectivity index (χ2n) is 7.14. The zero-order valence-electron chi connectivity index (χ0n) is 17.3. The highest BCUT2D eigenvalue weighted by atomic mass is 16.5. The summed E-state index contributed by atoms with van der Waals surface area (Å²) >= 11 is 0. The van der Waals surface area contributed by atoms with E-state index in [0.717, 1.165) is 35.3 Å². The highest BCUT2D eigenvalue weighted by molar-refractivity contribution is 5.85. The molecule has 5 aromatic rings. The minimum absolute atomic E-state index is 0.562. The molecule has 3 aromatic heterocycles. The number of anilines is 3. The van der Waals surface area contributed by atoms with Crippen molar-refractivity contribution in [3.05, 3.63) is 60.4 Å². The fraction of sp³-hybridized carbons (Fsp3) is 0.182. The van der Waals surface area contributed by atoms with Gasteiger partial charge in [-0.15, -0.1) is 0 Å². The van der Waals surface area contributed by atoms with Gasteiger partial charge in [-0.25, -0.2) is 15.0 Å². The lowest BCUT2D eigenvalue weighted by Crippen LogP contribution is -2.07. The largest absolute Gasteiger partial charge is 0.497 e. The molecule has 0 aliphatic carbocycles. The molecule has 0 saturated heterocycles. The Balaban J connectivity index is 1.32. The molecule has 0 aliphatic rings. The molecule has 9 nitrogen and oxygen atoms in total. The standard InChI is InChI=1S/C22H22N8O/c1-30-17-6-4-3-5-16(17)26-22(30)29-21-27-18-19(24-13-25-20(18)28-21)23-12-11-14-7-9-15(31-2)10-8-14/h3-10,13H,11-12H2,1-2H3,(H3,23,24,25,26,27,28,29). The van der Waals surface area contributed by atoms with Gasteiger partial charge in [0.05, 0.1) is 18.1 Å². The lowest BCUT2D eigenvalue weighted by molar-refractivity contribution is 0.414. The lowest BCUT2D eigenvalue weighted by atomic mass is 10.1. The number of H-pyrrole nitrogens is 1. The summed E-state index contributed by atoms with van der Waals surface area (Å²) in [6.45, 7) is 0.727. The molecule has 0 saturated carbocycles. The molecule has 156 valence electrons. The van der Waals surface area contributed by atoms with E-state index in [0.29, 0.717) is 23.4 Å². The third-order valence-corrected chi connectivity index (χ3v) is 5.17. The number of nitrogens with zero attached hydrogens (tertiary/aromatic N) is 5. The summed E-state index contributed by atoms with van der Waals surface area (Å²) in [6.07, 6.45) is 2.37. The molecule has 0 spiro atoms. The van der Waals surface area contributed by atoms with Crippen LogP contribution >= 0.6 is 0 Å². The summed E-state index contributed by atoms with van der Waals surface area (Å²) in [6, 6.07) is 16.0. The van der Waals surface area contributed by atoms with Gasteiger partial charge in [-0.1, -0.05) is 24.3 Å². The van der Waals surface area contributed by atoms with Crippen LogP contribution in [0.15, 0.2) is 54.9 Å². The summed E-state index contributed by atoms with van der Waals surface area (Å²) in [7, 11) is 3.63. The van der Waals surface area contributed by atoms with Crippen molar-refractivity contribution < 1.29 is 4.74 Å². The molecule has 3 N–H and O–H groups in total. The van der Waals surface area contributed by atoms with Gasteiger partial charge in [-0.3, -0.25) is 5.32 Å². The second kappa shape index (κ2) is 7.94. The first-order valence-corrected chi connectivity index (χ1v) is 9.97. The molecule has 0 unspecified atom stereocenters. The molecule has 9 heteroatoms. The Morgan fingerprint density at radius 1 is 1.03 bits per heavy atom. The molecule has 0 amide bonds. The maximum absolute atomic E-state index is 5.20. The van der Waals surface area contributed by atoms with Crippen LogP contribution in [0.1, 0.15) is 5.56 Å². The van der Waals surface area contributed by atoms with Gasteiger partial charge in [0.2, 0.25) is 11.9 Å². The second-order valence-corrected chi connectivity index (χ2v) is 7.14. The van der Waals surface area contributed by atoms with E-state index in [1.807, 2.05) is 48.0 Å². The first-order chi connectivity index (χ1) is 15.2. The molecule has 0 aliphatic heterocycles. The van der Waals surface area contributed by atoms with E-state index < -0.39 is 0 Å². The van der Waals surface area contributed by atoms with Crippen LogP contribution in [0.2, 0.25) is 0 Å². The van der Waals surface area contributed by atoms with E-state index in [1.165, 1.54) is 11.9 Å². The average molecular weight is 414 g/mol. The number of ether oxygens (including phenoxy) is 1. The monoisotopic (exact) mass is 414 g/mol. The fourth-order valence-electron chi connectivity index (χ4n) is 3.50. The van der Waals surface area contributed by atoms with Gasteiger partial charge in [0, 0.05) is 13.6 Å².